The second-order valence-electron chi connectivity index (χ2n) is 9.30. The van der Waals surface area contributed by atoms with Crippen LogP contribution in [-0.4, -0.2) is 6.10 Å². The van der Waals surface area contributed by atoms with Crippen LogP contribution in [0.25, 0.3) is 0 Å². The summed E-state index contributed by atoms with van der Waals surface area (Å²) in [5, 5.41) is 0.690. The fraction of sp³-hybridized carbons (Fsp3) is 0.760. The van der Waals surface area contributed by atoms with Crippen LogP contribution < -0.4 is 4.74 Å². The largest absolute Gasteiger partial charge is 0.488 e. The third-order valence-corrected chi connectivity index (χ3v) is 9.71. The van der Waals surface area contributed by atoms with Crippen molar-refractivity contribution in [3.8, 4) is 5.75 Å². The molecule has 0 fully saturated rings. The second kappa shape index (κ2) is 13.2. The maximum absolute atomic E-state index is 6.79. The molecule has 1 nitrogen and oxygen atoms in total. The molecule has 1 rings (SSSR count). The first-order valence-electron chi connectivity index (χ1n) is 11.4. The van der Waals surface area contributed by atoms with Crippen LogP contribution in [0.15, 0.2) is 16.6 Å². The Kier molecular flexibility index (Phi) is 12.5. The number of halogens is 3. The SMILES string of the molecule is CCCCCCCCC(Oc1ccc(I)c(Br)c1Cl)C(C(C)C)(C(C)C)C(C)C. The molecule has 1 aromatic carbocycles. The zero-order chi connectivity index (χ0) is 22.2. The average Bonchev–Trinajstić information content (AvgIpc) is 2.64. The van der Waals surface area contributed by atoms with E-state index in [0.717, 1.165) is 20.2 Å². The van der Waals surface area contributed by atoms with E-state index in [-0.39, 0.29) is 11.5 Å². The summed E-state index contributed by atoms with van der Waals surface area (Å²) in [6.07, 6.45) is 9.05. The van der Waals surface area contributed by atoms with Gasteiger partial charge in [-0.3, -0.25) is 0 Å². The Morgan fingerprint density at radius 1 is 0.931 bits per heavy atom. The Labute approximate surface area is 207 Å². The summed E-state index contributed by atoms with van der Waals surface area (Å²) < 4.78 is 8.83. The molecule has 4 heteroatoms. The smallest absolute Gasteiger partial charge is 0.139 e. The molecule has 1 atom stereocenters. The molecule has 1 unspecified atom stereocenters. The van der Waals surface area contributed by atoms with E-state index in [9.17, 15) is 0 Å². The summed E-state index contributed by atoms with van der Waals surface area (Å²) >= 11 is 12.6. The van der Waals surface area contributed by atoms with Crippen molar-refractivity contribution in [1.29, 1.82) is 0 Å². The number of hydrogen-bond acceptors (Lipinski definition) is 1. The van der Waals surface area contributed by atoms with E-state index in [4.69, 9.17) is 16.3 Å². The third kappa shape index (κ3) is 7.00. The van der Waals surface area contributed by atoms with Crippen LogP contribution in [0, 0.1) is 26.7 Å². The standard InChI is InChI=1S/C25H41BrClIO/c1-8-9-10-11-12-13-14-22(25(17(2)3,18(4)5)19(6)7)29-21-16-15-20(28)23(26)24(21)27/h15-19,22H,8-14H2,1-7H3. The molecule has 0 saturated heterocycles. The fourth-order valence-electron chi connectivity index (χ4n) is 5.39. The number of hydrogen-bond donors (Lipinski definition) is 0. The zero-order valence-electron chi connectivity index (χ0n) is 19.5. The fourth-order valence-corrected chi connectivity index (χ4v) is 6.53. The van der Waals surface area contributed by atoms with Crippen molar-refractivity contribution in [2.45, 2.75) is 99.5 Å². The Morgan fingerprint density at radius 2 is 1.45 bits per heavy atom. The molecule has 0 spiro atoms. The second-order valence-corrected chi connectivity index (χ2v) is 11.6. The molecule has 0 heterocycles. The number of rotatable bonds is 13. The minimum atomic E-state index is 0.0994. The highest BCUT2D eigenvalue weighted by Gasteiger charge is 2.48. The van der Waals surface area contributed by atoms with Gasteiger partial charge in [-0.15, -0.1) is 0 Å². The van der Waals surface area contributed by atoms with Crippen LogP contribution in [0.5, 0.6) is 5.75 Å². The molecule has 0 N–H and O–H groups in total. The highest BCUT2D eigenvalue weighted by molar-refractivity contribution is 14.1. The first-order valence-corrected chi connectivity index (χ1v) is 13.7. The van der Waals surface area contributed by atoms with Crippen molar-refractivity contribution >= 4 is 50.1 Å². The quantitative estimate of drug-likeness (QED) is 0.125. The van der Waals surface area contributed by atoms with E-state index in [2.05, 4.69) is 93.1 Å². The Morgan fingerprint density at radius 3 is 1.97 bits per heavy atom. The van der Waals surface area contributed by atoms with Gasteiger partial charge in [0, 0.05) is 8.99 Å². The van der Waals surface area contributed by atoms with Gasteiger partial charge >= 0.3 is 0 Å². The normalized spacial score (nSPS) is 13.6. The average molecular weight is 600 g/mol. The summed E-state index contributed by atoms with van der Waals surface area (Å²) in [6.45, 7) is 16.5. The lowest BCUT2D eigenvalue weighted by Crippen LogP contribution is -2.51. The molecule has 168 valence electrons. The van der Waals surface area contributed by atoms with Crippen molar-refractivity contribution in [2.24, 2.45) is 23.2 Å². The summed E-state index contributed by atoms with van der Waals surface area (Å²) in [7, 11) is 0. The lowest BCUT2D eigenvalue weighted by molar-refractivity contribution is -0.0713. The summed E-state index contributed by atoms with van der Waals surface area (Å²) in [4.78, 5) is 0. The summed E-state index contributed by atoms with van der Waals surface area (Å²) in [6, 6.07) is 4.12. The molecule has 29 heavy (non-hydrogen) atoms. The number of benzene rings is 1. The van der Waals surface area contributed by atoms with Gasteiger partial charge < -0.3 is 4.74 Å². The Balaban J connectivity index is 3.18. The highest BCUT2D eigenvalue weighted by atomic mass is 127. The first kappa shape index (κ1) is 27.6. The third-order valence-electron chi connectivity index (χ3n) is 6.65. The van der Waals surface area contributed by atoms with Crippen molar-refractivity contribution in [3.63, 3.8) is 0 Å². The topological polar surface area (TPSA) is 9.23 Å². The maximum atomic E-state index is 6.79. The van der Waals surface area contributed by atoms with E-state index in [1.807, 2.05) is 6.07 Å². The molecule has 0 saturated carbocycles. The van der Waals surface area contributed by atoms with Gasteiger partial charge in [0.25, 0.3) is 0 Å². The van der Waals surface area contributed by atoms with Gasteiger partial charge in [0.05, 0.1) is 9.50 Å². The van der Waals surface area contributed by atoms with Crippen LogP contribution in [-0.2, 0) is 0 Å². The van der Waals surface area contributed by atoms with E-state index in [1.165, 1.54) is 38.5 Å². The lowest BCUT2D eigenvalue weighted by Gasteiger charge is -2.50. The monoisotopic (exact) mass is 598 g/mol. The van der Waals surface area contributed by atoms with Gasteiger partial charge in [0.1, 0.15) is 11.9 Å². The van der Waals surface area contributed by atoms with E-state index < -0.39 is 0 Å². The summed E-state index contributed by atoms with van der Waals surface area (Å²) in [5.41, 5.74) is 0.0994. The van der Waals surface area contributed by atoms with Crippen LogP contribution in [0.2, 0.25) is 5.02 Å². The van der Waals surface area contributed by atoms with Crippen LogP contribution in [0.1, 0.15) is 93.4 Å². The first-order chi connectivity index (χ1) is 13.6. The van der Waals surface area contributed by atoms with Crippen LogP contribution >= 0.6 is 50.1 Å². The Hall–Kier alpha value is 0.520. The van der Waals surface area contributed by atoms with Gasteiger partial charge in [-0.25, -0.2) is 0 Å². The molecule has 0 aliphatic carbocycles. The van der Waals surface area contributed by atoms with E-state index in [0.29, 0.717) is 22.8 Å². The maximum Gasteiger partial charge on any atom is 0.139 e. The van der Waals surface area contributed by atoms with Crippen molar-refractivity contribution in [3.05, 3.63) is 25.2 Å². The minimum Gasteiger partial charge on any atom is -0.488 e. The molecule has 0 aliphatic heterocycles. The predicted octanol–water partition coefficient (Wildman–Crippen LogP) is 10.2. The molecular weight excluding hydrogens is 559 g/mol. The number of ether oxygens (including phenoxy) is 1. The zero-order valence-corrected chi connectivity index (χ0v) is 24.0. The van der Waals surface area contributed by atoms with Crippen LogP contribution in [0.3, 0.4) is 0 Å². The highest BCUT2D eigenvalue weighted by Crippen LogP contribution is 2.49. The molecule has 0 aliphatic rings. The molecule has 0 aromatic heterocycles. The van der Waals surface area contributed by atoms with E-state index in [1.54, 1.807) is 0 Å². The van der Waals surface area contributed by atoms with Crippen molar-refractivity contribution in [2.75, 3.05) is 0 Å². The Bertz CT molecular complexity index is 593. The van der Waals surface area contributed by atoms with Gasteiger partial charge in [0.15, 0.2) is 0 Å². The van der Waals surface area contributed by atoms with Gasteiger partial charge in [-0.05, 0) is 81.2 Å². The predicted molar refractivity (Wildman–Crippen MR) is 141 cm³/mol. The minimum absolute atomic E-state index is 0.0994. The molecule has 0 bridgehead atoms. The van der Waals surface area contributed by atoms with Gasteiger partial charge in [-0.1, -0.05) is 92.2 Å². The van der Waals surface area contributed by atoms with Crippen LogP contribution in [0.4, 0.5) is 0 Å². The molecular formula is C25H41BrClIO. The van der Waals surface area contributed by atoms with Crippen molar-refractivity contribution < 1.29 is 4.74 Å². The number of unbranched alkanes of at least 4 members (excludes halogenated alkanes) is 5. The van der Waals surface area contributed by atoms with Gasteiger partial charge in [0.2, 0.25) is 0 Å². The molecule has 0 radical (unpaired) electrons. The molecule has 1 aromatic rings. The van der Waals surface area contributed by atoms with Gasteiger partial charge in [-0.2, -0.15) is 0 Å². The summed E-state index contributed by atoms with van der Waals surface area (Å²) in [5.74, 6) is 2.39. The lowest BCUT2D eigenvalue weighted by atomic mass is 9.58. The molecule has 0 amide bonds. The van der Waals surface area contributed by atoms with E-state index >= 15 is 0 Å². The van der Waals surface area contributed by atoms with Crippen molar-refractivity contribution in [1.82, 2.24) is 0 Å².